The van der Waals surface area contributed by atoms with Crippen LogP contribution in [-0.4, -0.2) is 24.3 Å². The molecule has 0 radical (unpaired) electrons. The number of ether oxygens (including phenoxy) is 2. The number of rotatable bonds is 5. The van der Waals surface area contributed by atoms with E-state index in [9.17, 15) is 9.50 Å². The molecular formula is C17H16FNO3S. The number of hydrogen-bond acceptors (Lipinski definition) is 5. The van der Waals surface area contributed by atoms with E-state index in [-0.39, 0.29) is 5.56 Å². The van der Waals surface area contributed by atoms with Crippen LogP contribution in [0.15, 0.2) is 42.5 Å². The van der Waals surface area contributed by atoms with E-state index in [0.29, 0.717) is 10.6 Å². The lowest BCUT2D eigenvalue weighted by atomic mass is 10.1. The van der Waals surface area contributed by atoms with E-state index in [1.54, 1.807) is 12.1 Å². The van der Waals surface area contributed by atoms with Crippen LogP contribution in [0.25, 0.3) is 10.2 Å². The zero-order valence-electron chi connectivity index (χ0n) is 12.7. The number of aliphatic hydroxyl groups is 1. The van der Waals surface area contributed by atoms with Gasteiger partial charge in [0.2, 0.25) is 0 Å². The molecule has 3 aromatic rings. The van der Waals surface area contributed by atoms with Gasteiger partial charge in [0.15, 0.2) is 6.29 Å². The maximum atomic E-state index is 14.2. The first-order valence-corrected chi connectivity index (χ1v) is 7.84. The summed E-state index contributed by atoms with van der Waals surface area (Å²) < 4.78 is 25.5. The lowest BCUT2D eigenvalue weighted by Gasteiger charge is -2.16. The van der Waals surface area contributed by atoms with Crippen molar-refractivity contribution in [2.45, 2.75) is 12.4 Å². The summed E-state index contributed by atoms with van der Waals surface area (Å²) in [6, 6.07) is 12.0. The van der Waals surface area contributed by atoms with Gasteiger partial charge in [-0.15, -0.1) is 11.3 Å². The van der Waals surface area contributed by atoms with E-state index in [4.69, 9.17) is 9.47 Å². The van der Waals surface area contributed by atoms with E-state index < -0.39 is 18.2 Å². The fourth-order valence-corrected chi connectivity index (χ4v) is 3.40. The molecule has 0 amide bonds. The lowest BCUT2D eigenvalue weighted by molar-refractivity contribution is -0.106. The third-order valence-electron chi connectivity index (χ3n) is 3.56. The molecule has 1 aromatic heterocycles. The average Bonchev–Trinajstić information content (AvgIpc) is 3.01. The fourth-order valence-electron chi connectivity index (χ4n) is 2.43. The maximum Gasteiger partial charge on any atom is 0.183 e. The number of hydrogen-bond donors (Lipinski definition) is 1. The highest BCUT2D eigenvalue weighted by molar-refractivity contribution is 7.18. The second-order valence-electron chi connectivity index (χ2n) is 5.01. The third-order valence-corrected chi connectivity index (χ3v) is 4.65. The van der Waals surface area contributed by atoms with Gasteiger partial charge < -0.3 is 14.6 Å². The number of nitrogens with zero attached hydrogens (tertiary/aromatic N) is 1. The van der Waals surface area contributed by atoms with Crippen LogP contribution in [0.3, 0.4) is 0 Å². The summed E-state index contributed by atoms with van der Waals surface area (Å²) in [7, 11) is 3.00. The number of methoxy groups -OCH3 is 2. The Balaban J connectivity index is 2.00. The van der Waals surface area contributed by atoms with Crippen molar-refractivity contribution in [3.8, 4) is 0 Å². The number of thiazole rings is 1. The van der Waals surface area contributed by atoms with Crippen molar-refractivity contribution in [2.75, 3.05) is 14.2 Å². The molecule has 1 atom stereocenters. The predicted molar refractivity (Wildman–Crippen MR) is 86.8 cm³/mol. The van der Waals surface area contributed by atoms with Gasteiger partial charge in [-0.1, -0.05) is 18.2 Å². The van der Waals surface area contributed by atoms with Crippen molar-refractivity contribution < 1.29 is 19.0 Å². The Hall–Kier alpha value is -1.86. The van der Waals surface area contributed by atoms with Crippen molar-refractivity contribution in [3.05, 3.63) is 64.4 Å². The molecule has 0 aliphatic heterocycles. The van der Waals surface area contributed by atoms with Crippen LogP contribution in [0, 0.1) is 5.82 Å². The van der Waals surface area contributed by atoms with Crippen LogP contribution in [0.5, 0.6) is 0 Å². The van der Waals surface area contributed by atoms with Gasteiger partial charge in [-0.2, -0.15) is 0 Å². The topological polar surface area (TPSA) is 51.6 Å². The highest BCUT2D eigenvalue weighted by Crippen LogP contribution is 2.32. The van der Waals surface area contributed by atoms with Gasteiger partial charge >= 0.3 is 0 Å². The molecule has 0 aliphatic rings. The van der Waals surface area contributed by atoms with E-state index in [0.717, 1.165) is 10.2 Å². The van der Waals surface area contributed by atoms with Crippen molar-refractivity contribution >= 4 is 21.6 Å². The Morgan fingerprint density at radius 2 is 1.87 bits per heavy atom. The summed E-state index contributed by atoms with van der Waals surface area (Å²) in [6.45, 7) is 0. The Morgan fingerprint density at radius 3 is 2.57 bits per heavy atom. The van der Waals surface area contributed by atoms with Gasteiger partial charge in [0.05, 0.1) is 10.2 Å². The number of para-hydroxylation sites is 1. The van der Waals surface area contributed by atoms with Crippen molar-refractivity contribution in [2.24, 2.45) is 0 Å². The lowest BCUT2D eigenvalue weighted by Crippen LogP contribution is -2.08. The summed E-state index contributed by atoms with van der Waals surface area (Å²) in [5, 5.41) is 11.0. The molecule has 3 rings (SSSR count). The molecule has 1 heterocycles. The summed E-state index contributed by atoms with van der Waals surface area (Å²) in [4.78, 5) is 4.38. The van der Waals surface area contributed by atoms with Crippen LogP contribution in [-0.2, 0) is 9.47 Å². The van der Waals surface area contributed by atoms with Crippen LogP contribution in [0.1, 0.15) is 28.5 Å². The SMILES string of the molecule is COC(OC)c1ccc(F)c(C(O)c2nc3ccccc3s2)c1. The molecule has 0 aliphatic carbocycles. The number of fused-ring (bicyclic) bond motifs is 1. The summed E-state index contributed by atoms with van der Waals surface area (Å²) in [5.41, 5.74) is 1.57. The minimum absolute atomic E-state index is 0.153. The molecule has 0 bridgehead atoms. The van der Waals surface area contributed by atoms with Gasteiger partial charge in [0.25, 0.3) is 0 Å². The zero-order chi connectivity index (χ0) is 16.4. The first-order chi connectivity index (χ1) is 11.1. The summed E-state index contributed by atoms with van der Waals surface area (Å²) in [5.74, 6) is -0.494. The van der Waals surface area contributed by atoms with Gasteiger partial charge in [-0.25, -0.2) is 9.37 Å². The van der Waals surface area contributed by atoms with Crippen LogP contribution >= 0.6 is 11.3 Å². The molecule has 2 aromatic carbocycles. The maximum absolute atomic E-state index is 14.2. The Bertz CT molecular complexity index is 783. The van der Waals surface area contributed by atoms with Gasteiger partial charge in [0, 0.05) is 25.3 Å². The smallest absolute Gasteiger partial charge is 0.183 e. The van der Waals surface area contributed by atoms with E-state index in [2.05, 4.69) is 4.98 Å². The van der Waals surface area contributed by atoms with Crippen molar-refractivity contribution in [1.29, 1.82) is 0 Å². The van der Waals surface area contributed by atoms with Gasteiger partial charge in [-0.3, -0.25) is 0 Å². The molecule has 0 saturated carbocycles. The van der Waals surface area contributed by atoms with Crippen LogP contribution in [0.4, 0.5) is 4.39 Å². The Kier molecular flexibility index (Phi) is 4.68. The van der Waals surface area contributed by atoms with E-state index >= 15 is 0 Å². The highest BCUT2D eigenvalue weighted by Gasteiger charge is 2.21. The predicted octanol–water partition coefficient (Wildman–Crippen LogP) is 3.81. The Morgan fingerprint density at radius 1 is 1.13 bits per heavy atom. The number of aromatic nitrogens is 1. The summed E-state index contributed by atoms with van der Waals surface area (Å²) >= 11 is 1.34. The normalized spacial score (nSPS) is 12.9. The average molecular weight is 333 g/mol. The molecule has 4 nitrogen and oxygen atoms in total. The molecule has 23 heavy (non-hydrogen) atoms. The molecule has 0 spiro atoms. The number of aliphatic hydroxyl groups excluding tert-OH is 1. The molecule has 0 fully saturated rings. The second kappa shape index (κ2) is 6.72. The molecule has 1 unspecified atom stereocenters. The first kappa shape index (κ1) is 16.0. The molecule has 120 valence electrons. The minimum Gasteiger partial charge on any atom is -0.381 e. The van der Waals surface area contributed by atoms with E-state index in [1.807, 2.05) is 24.3 Å². The molecule has 6 heteroatoms. The standard InChI is InChI=1S/C17H16FNO3S/c1-21-17(22-2)10-7-8-12(18)11(9-10)15(20)16-19-13-5-3-4-6-14(13)23-16/h3-9,15,17,20H,1-2H3. The molecule has 1 N–H and O–H groups in total. The first-order valence-electron chi connectivity index (χ1n) is 7.02. The largest absolute Gasteiger partial charge is 0.381 e. The zero-order valence-corrected chi connectivity index (χ0v) is 13.5. The molecular weight excluding hydrogens is 317 g/mol. The second-order valence-corrected chi connectivity index (χ2v) is 6.07. The third kappa shape index (κ3) is 3.11. The quantitative estimate of drug-likeness (QED) is 0.722. The summed E-state index contributed by atoms with van der Waals surface area (Å²) in [6.07, 6.45) is -1.75. The van der Waals surface area contributed by atoms with Crippen LogP contribution < -0.4 is 0 Å². The van der Waals surface area contributed by atoms with Gasteiger partial charge in [0.1, 0.15) is 16.9 Å². The van der Waals surface area contributed by atoms with E-state index in [1.165, 1.54) is 31.6 Å². The van der Waals surface area contributed by atoms with Crippen molar-refractivity contribution in [3.63, 3.8) is 0 Å². The number of halogens is 1. The fraction of sp³-hybridized carbons (Fsp3) is 0.235. The minimum atomic E-state index is -1.14. The van der Waals surface area contributed by atoms with Crippen LogP contribution in [0.2, 0.25) is 0 Å². The molecule has 0 saturated heterocycles. The number of benzene rings is 2. The Labute approximate surface area is 137 Å². The van der Waals surface area contributed by atoms with Crippen molar-refractivity contribution in [1.82, 2.24) is 4.98 Å². The highest BCUT2D eigenvalue weighted by atomic mass is 32.1. The van der Waals surface area contributed by atoms with Gasteiger partial charge in [-0.05, 0) is 24.3 Å². The monoisotopic (exact) mass is 333 g/mol.